The first-order valence-corrected chi connectivity index (χ1v) is 7.37. The normalized spacial score (nSPS) is 10.7. The number of alkyl halides is 4. The average Bonchev–Trinajstić information content (AvgIpc) is 2.54. The Bertz CT molecular complexity index is 702. The summed E-state index contributed by atoms with van der Waals surface area (Å²) < 4.78 is 61.4. The van der Waals surface area contributed by atoms with E-state index in [2.05, 4.69) is 5.32 Å². The second kappa shape index (κ2) is 9.33. The number of carbonyl (C=O) groups is 1. The molecule has 9 heteroatoms. The molecule has 0 bridgehead atoms. The molecule has 0 saturated heterocycles. The number of rotatable bonds is 3. The van der Waals surface area contributed by atoms with Crippen LogP contribution in [0.1, 0.15) is 11.1 Å². The topological polar surface area (TPSA) is 55.1 Å². The van der Waals surface area contributed by atoms with Crippen LogP contribution >= 0.6 is 11.6 Å². The van der Waals surface area contributed by atoms with Crippen molar-refractivity contribution in [1.82, 2.24) is 0 Å². The van der Waals surface area contributed by atoms with E-state index in [1.807, 2.05) is 0 Å². The van der Waals surface area contributed by atoms with Crippen molar-refractivity contribution in [2.75, 3.05) is 11.2 Å². The molecule has 0 saturated carbocycles. The lowest BCUT2D eigenvalue weighted by molar-refractivity contribution is -0.137. The second-order valence-corrected chi connectivity index (χ2v) is 5.01. The van der Waals surface area contributed by atoms with Gasteiger partial charge in [0, 0.05) is 18.3 Å². The van der Waals surface area contributed by atoms with Gasteiger partial charge in [-0.3, -0.25) is 4.79 Å². The van der Waals surface area contributed by atoms with Crippen LogP contribution in [0.2, 0.25) is 0 Å². The molecule has 0 atom stereocenters. The number of hydrogen-bond donors (Lipinski definition) is 2. The molecule has 2 aromatic rings. The molecule has 3 N–H and O–H groups in total. The third-order valence-electron chi connectivity index (χ3n) is 2.75. The van der Waals surface area contributed by atoms with Gasteiger partial charge in [-0.05, 0) is 35.9 Å². The van der Waals surface area contributed by atoms with Crippen molar-refractivity contribution < 1.29 is 26.7 Å². The molecule has 0 fully saturated rings. The molecule has 0 aliphatic carbocycles. The lowest BCUT2D eigenvalue weighted by Crippen LogP contribution is -2.13. The molecule has 0 unspecified atom stereocenters. The fraction of sp³-hybridized carbons (Fsp3) is 0.188. The van der Waals surface area contributed by atoms with Crippen LogP contribution in [-0.2, 0) is 17.5 Å². The Hall–Kier alpha value is -2.19. The van der Waals surface area contributed by atoms with Gasteiger partial charge in [-0.25, -0.2) is 8.78 Å². The fourth-order valence-electron chi connectivity index (χ4n) is 1.70. The maximum atomic E-state index is 12.3. The number of halogens is 6. The Balaban J connectivity index is 0.000000271. The molecular formula is C16H14ClF5N2O. The van der Waals surface area contributed by atoms with Crippen LogP contribution in [0.3, 0.4) is 0 Å². The zero-order chi connectivity index (χ0) is 19.0. The Labute approximate surface area is 145 Å². The molecule has 2 aromatic carbocycles. The van der Waals surface area contributed by atoms with E-state index in [1.54, 1.807) is 0 Å². The van der Waals surface area contributed by atoms with E-state index in [1.165, 1.54) is 24.3 Å². The van der Waals surface area contributed by atoms with Gasteiger partial charge >= 0.3 is 6.18 Å². The highest BCUT2D eigenvalue weighted by Crippen LogP contribution is 2.30. The van der Waals surface area contributed by atoms with Gasteiger partial charge in [-0.15, -0.1) is 11.6 Å². The van der Waals surface area contributed by atoms with Crippen molar-refractivity contribution in [3.8, 4) is 0 Å². The molecule has 0 radical (unpaired) electrons. The zero-order valence-electron chi connectivity index (χ0n) is 12.7. The Morgan fingerprint density at radius 2 is 1.68 bits per heavy atom. The Morgan fingerprint density at radius 1 is 1.08 bits per heavy atom. The summed E-state index contributed by atoms with van der Waals surface area (Å²) in [5.74, 6) is -2.01. The summed E-state index contributed by atoms with van der Waals surface area (Å²) >= 11 is 5.20. The third-order valence-corrected chi connectivity index (χ3v) is 3.00. The molecule has 136 valence electrons. The molecule has 0 heterocycles. The monoisotopic (exact) mass is 380 g/mol. The van der Waals surface area contributed by atoms with Crippen LogP contribution in [0.4, 0.5) is 27.6 Å². The van der Waals surface area contributed by atoms with Crippen LogP contribution < -0.4 is 11.1 Å². The van der Waals surface area contributed by atoms with E-state index in [0.717, 1.165) is 18.2 Å². The number of amides is 1. The number of nitrogens with two attached hydrogens (primary N) is 1. The van der Waals surface area contributed by atoms with Crippen LogP contribution in [0.25, 0.3) is 0 Å². The lowest BCUT2D eigenvalue weighted by Gasteiger charge is -2.08. The first-order valence-electron chi connectivity index (χ1n) is 6.84. The predicted octanol–water partition coefficient (Wildman–Crippen LogP) is 4.31. The number of nitrogens with one attached hydrogen (secondary N) is 1. The van der Waals surface area contributed by atoms with Crippen LogP contribution in [-0.4, -0.2) is 11.8 Å². The highest BCUT2D eigenvalue weighted by Gasteiger charge is 2.30. The minimum Gasteiger partial charge on any atom is -0.326 e. The zero-order valence-corrected chi connectivity index (χ0v) is 13.5. The van der Waals surface area contributed by atoms with Crippen molar-refractivity contribution in [2.24, 2.45) is 5.73 Å². The molecule has 25 heavy (non-hydrogen) atoms. The Morgan fingerprint density at radius 3 is 2.16 bits per heavy atom. The predicted molar refractivity (Wildman–Crippen MR) is 85.0 cm³/mol. The van der Waals surface area contributed by atoms with Crippen molar-refractivity contribution in [1.29, 1.82) is 0 Å². The molecule has 0 aliphatic heterocycles. The number of hydrogen-bond acceptors (Lipinski definition) is 2. The number of anilines is 1. The SMILES string of the molecule is NCc1cc(F)cc(F)c1.O=C(CCl)Nc1cccc(C(F)(F)F)c1. The van der Waals surface area contributed by atoms with Crippen molar-refractivity contribution in [3.63, 3.8) is 0 Å². The minimum absolute atomic E-state index is 0.0791. The quantitative estimate of drug-likeness (QED) is 0.616. The van der Waals surface area contributed by atoms with E-state index < -0.39 is 29.3 Å². The van der Waals surface area contributed by atoms with Crippen LogP contribution in [0, 0.1) is 11.6 Å². The fourth-order valence-corrected chi connectivity index (χ4v) is 1.76. The largest absolute Gasteiger partial charge is 0.416 e. The molecule has 2 rings (SSSR count). The maximum Gasteiger partial charge on any atom is 0.416 e. The van der Waals surface area contributed by atoms with Gasteiger partial charge in [0.25, 0.3) is 0 Å². The first kappa shape index (κ1) is 20.9. The second-order valence-electron chi connectivity index (χ2n) is 4.74. The average molecular weight is 381 g/mol. The third kappa shape index (κ3) is 7.49. The number of benzene rings is 2. The minimum atomic E-state index is -4.41. The highest BCUT2D eigenvalue weighted by molar-refractivity contribution is 6.29. The van der Waals surface area contributed by atoms with E-state index in [4.69, 9.17) is 17.3 Å². The van der Waals surface area contributed by atoms with Crippen molar-refractivity contribution in [2.45, 2.75) is 12.7 Å². The van der Waals surface area contributed by atoms with Gasteiger partial charge in [0.05, 0.1) is 5.56 Å². The summed E-state index contributed by atoms with van der Waals surface area (Å²) in [6, 6.07) is 7.60. The summed E-state index contributed by atoms with van der Waals surface area (Å²) in [6.07, 6.45) is -4.41. The summed E-state index contributed by atoms with van der Waals surface area (Å²) in [7, 11) is 0. The van der Waals surface area contributed by atoms with Crippen molar-refractivity contribution in [3.05, 3.63) is 65.2 Å². The van der Waals surface area contributed by atoms with Gasteiger partial charge in [0.2, 0.25) is 5.91 Å². The van der Waals surface area contributed by atoms with Crippen LogP contribution in [0.5, 0.6) is 0 Å². The summed E-state index contributed by atoms with van der Waals surface area (Å²) in [5.41, 5.74) is 4.89. The highest BCUT2D eigenvalue weighted by atomic mass is 35.5. The Kier molecular flexibility index (Phi) is 7.79. The van der Waals surface area contributed by atoms with E-state index >= 15 is 0 Å². The molecule has 0 spiro atoms. The maximum absolute atomic E-state index is 12.3. The molecule has 1 amide bonds. The molecule has 3 nitrogen and oxygen atoms in total. The van der Waals surface area contributed by atoms with Crippen LogP contribution in [0.15, 0.2) is 42.5 Å². The summed E-state index contributed by atoms with van der Waals surface area (Å²) in [4.78, 5) is 10.8. The summed E-state index contributed by atoms with van der Waals surface area (Å²) in [6.45, 7) is 0.161. The molecular weight excluding hydrogens is 367 g/mol. The van der Waals surface area contributed by atoms with Crippen molar-refractivity contribution >= 4 is 23.2 Å². The van der Waals surface area contributed by atoms with E-state index in [-0.39, 0.29) is 18.1 Å². The smallest absolute Gasteiger partial charge is 0.326 e. The van der Waals surface area contributed by atoms with E-state index in [0.29, 0.717) is 5.56 Å². The number of carbonyl (C=O) groups excluding carboxylic acids is 1. The van der Waals surface area contributed by atoms with Gasteiger partial charge < -0.3 is 11.1 Å². The molecule has 0 aromatic heterocycles. The standard InChI is InChI=1S/C9H7ClF3NO.C7H7F2N/c10-5-8(15)14-7-3-1-2-6(4-7)9(11,12)13;8-6-1-5(4-10)2-7(9)3-6/h1-4H,5H2,(H,14,15);1-3H,4,10H2. The van der Waals surface area contributed by atoms with Gasteiger partial charge in [0.1, 0.15) is 17.5 Å². The molecule has 0 aliphatic rings. The summed E-state index contributed by atoms with van der Waals surface area (Å²) in [5, 5.41) is 2.23. The van der Waals surface area contributed by atoms with Gasteiger partial charge in [0.15, 0.2) is 0 Å². The van der Waals surface area contributed by atoms with Gasteiger partial charge in [-0.1, -0.05) is 6.07 Å². The first-order chi connectivity index (χ1) is 11.7. The van der Waals surface area contributed by atoms with E-state index in [9.17, 15) is 26.7 Å². The van der Waals surface area contributed by atoms with Gasteiger partial charge in [-0.2, -0.15) is 13.2 Å². The lowest BCUT2D eigenvalue weighted by atomic mass is 10.2.